The van der Waals surface area contributed by atoms with Crippen molar-refractivity contribution in [3.63, 3.8) is 0 Å². The minimum Gasteiger partial charge on any atom is -0.376 e. The molecule has 2 rings (SSSR count). The molecule has 0 heterocycles. The molecule has 0 aliphatic rings. The minimum atomic E-state index is 0.0751. The van der Waals surface area contributed by atoms with Crippen molar-refractivity contribution < 1.29 is 0 Å². The molecule has 18 heavy (non-hydrogen) atoms. The van der Waals surface area contributed by atoms with E-state index in [9.17, 15) is 0 Å². The van der Waals surface area contributed by atoms with Gasteiger partial charge >= 0.3 is 0 Å². The van der Waals surface area contributed by atoms with Crippen molar-refractivity contribution in [2.75, 3.05) is 11.9 Å². The van der Waals surface area contributed by atoms with Crippen molar-refractivity contribution in [1.82, 2.24) is 0 Å². The van der Waals surface area contributed by atoms with Crippen molar-refractivity contribution >= 4 is 17.3 Å². The zero-order valence-corrected chi connectivity index (χ0v) is 11.1. The molecule has 3 N–H and O–H groups in total. The lowest BCUT2D eigenvalue weighted by molar-refractivity contribution is 0.784. The molecule has 1 unspecified atom stereocenters. The molecule has 0 aliphatic heterocycles. The van der Waals surface area contributed by atoms with Crippen LogP contribution in [-0.2, 0) is 0 Å². The SMILES string of the molecule is Cc1ccccc1C(CN)Nc1ccccc1Cl. The quantitative estimate of drug-likeness (QED) is 0.878. The van der Waals surface area contributed by atoms with Crippen LogP contribution in [0.4, 0.5) is 5.69 Å². The third-order valence-electron chi connectivity index (χ3n) is 3.00. The number of halogens is 1. The van der Waals surface area contributed by atoms with E-state index < -0.39 is 0 Å². The van der Waals surface area contributed by atoms with Crippen molar-refractivity contribution in [1.29, 1.82) is 0 Å². The second-order valence-corrected chi connectivity index (χ2v) is 4.68. The summed E-state index contributed by atoms with van der Waals surface area (Å²) in [4.78, 5) is 0. The number of nitrogens with two attached hydrogens (primary N) is 1. The maximum absolute atomic E-state index is 6.15. The fraction of sp³-hybridized carbons (Fsp3) is 0.200. The number of para-hydroxylation sites is 1. The lowest BCUT2D eigenvalue weighted by Crippen LogP contribution is -2.21. The van der Waals surface area contributed by atoms with Crippen LogP contribution < -0.4 is 11.1 Å². The Morgan fingerprint density at radius 2 is 1.78 bits per heavy atom. The maximum atomic E-state index is 6.15. The summed E-state index contributed by atoms with van der Waals surface area (Å²) >= 11 is 6.15. The van der Waals surface area contributed by atoms with E-state index in [1.54, 1.807) is 0 Å². The van der Waals surface area contributed by atoms with E-state index in [1.165, 1.54) is 11.1 Å². The number of hydrogen-bond acceptors (Lipinski definition) is 2. The van der Waals surface area contributed by atoms with Crippen LogP contribution in [0.25, 0.3) is 0 Å². The van der Waals surface area contributed by atoms with Crippen LogP contribution in [0.2, 0.25) is 5.02 Å². The Hall–Kier alpha value is -1.51. The lowest BCUT2D eigenvalue weighted by atomic mass is 10.0. The van der Waals surface area contributed by atoms with Crippen LogP contribution >= 0.6 is 11.6 Å². The molecule has 0 aliphatic carbocycles. The molecule has 0 amide bonds. The van der Waals surface area contributed by atoms with Gasteiger partial charge < -0.3 is 11.1 Å². The number of nitrogens with one attached hydrogen (secondary N) is 1. The molecule has 2 aromatic rings. The molecule has 2 aromatic carbocycles. The van der Waals surface area contributed by atoms with E-state index in [0.717, 1.165) is 5.69 Å². The number of aryl methyl sites for hydroxylation is 1. The molecular formula is C15H17ClN2. The van der Waals surface area contributed by atoms with Crippen LogP contribution in [0.15, 0.2) is 48.5 Å². The van der Waals surface area contributed by atoms with Gasteiger partial charge in [0, 0.05) is 6.54 Å². The van der Waals surface area contributed by atoms with E-state index >= 15 is 0 Å². The summed E-state index contributed by atoms with van der Waals surface area (Å²) in [6.45, 7) is 2.61. The highest BCUT2D eigenvalue weighted by Crippen LogP contribution is 2.26. The van der Waals surface area contributed by atoms with Gasteiger partial charge in [-0.3, -0.25) is 0 Å². The van der Waals surface area contributed by atoms with Crippen LogP contribution in [0, 0.1) is 6.92 Å². The summed E-state index contributed by atoms with van der Waals surface area (Å²) in [7, 11) is 0. The van der Waals surface area contributed by atoms with E-state index in [0.29, 0.717) is 11.6 Å². The monoisotopic (exact) mass is 260 g/mol. The van der Waals surface area contributed by atoms with Crippen molar-refractivity contribution in [3.05, 3.63) is 64.7 Å². The first-order chi connectivity index (χ1) is 8.72. The Kier molecular flexibility index (Phi) is 4.24. The van der Waals surface area contributed by atoms with Crippen molar-refractivity contribution in [3.8, 4) is 0 Å². The fourth-order valence-electron chi connectivity index (χ4n) is 2.01. The van der Waals surface area contributed by atoms with Gasteiger partial charge in [0.1, 0.15) is 0 Å². The van der Waals surface area contributed by atoms with E-state index in [-0.39, 0.29) is 6.04 Å². The topological polar surface area (TPSA) is 38.0 Å². The summed E-state index contributed by atoms with van der Waals surface area (Å²) in [6.07, 6.45) is 0. The van der Waals surface area contributed by atoms with E-state index in [1.807, 2.05) is 36.4 Å². The molecular weight excluding hydrogens is 244 g/mol. The Balaban J connectivity index is 2.26. The van der Waals surface area contributed by atoms with Gasteiger partial charge in [-0.15, -0.1) is 0 Å². The van der Waals surface area contributed by atoms with Gasteiger partial charge in [-0.25, -0.2) is 0 Å². The molecule has 0 spiro atoms. The highest BCUT2D eigenvalue weighted by molar-refractivity contribution is 6.33. The summed E-state index contributed by atoms with van der Waals surface area (Å²) < 4.78 is 0. The first-order valence-corrected chi connectivity index (χ1v) is 6.37. The molecule has 94 valence electrons. The molecule has 0 bridgehead atoms. The molecule has 0 fully saturated rings. The average Bonchev–Trinajstić information content (AvgIpc) is 2.39. The molecule has 3 heteroatoms. The number of hydrogen-bond donors (Lipinski definition) is 2. The standard InChI is InChI=1S/C15H17ClN2/c1-11-6-2-3-7-12(11)15(10-17)18-14-9-5-4-8-13(14)16/h2-9,15,18H,10,17H2,1H3. The zero-order chi connectivity index (χ0) is 13.0. The van der Waals surface area contributed by atoms with Gasteiger partial charge in [0.15, 0.2) is 0 Å². The second-order valence-electron chi connectivity index (χ2n) is 4.27. The fourth-order valence-corrected chi connectivity index (χ4v) is 2.20. The van der Waals surface area contributed by atoms with Crippen LogP contribution in [0.3, 0.4) is 0 Å². The lowest BCUT2D eigenvalue weighted by Gasteiger charge is -2.21. The molecule has 0 aromatic heterocycles. The Morgan fingerprint density at radius 3 is 2.44 bits per heavy atom. The molecule has 1 atom stereocenters. The van der Waals surface area contributed by atoms with Crippen LogP contribution in [0.5, 0.6) is 0 Å². The zero-order valence-electron chi connectivity index (χ0n) is 10.4. The van der Waals surface area contributed by atoms with Gasteiger partial charge in [0.25, 0.3) is 0 Å². The molecule has 0 saturated heterocycles. The van der Waals surface area contributed by atoms with E-state index in [2.05, 4.69) is 24.4 Å². The van der Waals surface area contributed by atoms with Crippen molar-refractivity contribution in [2.45, 2.75) is 13.0 Å². The molecule has 0 radical (unpaired) electrons. The van der Waals surface area contributed by atoms with Crippen LogP contribution in [0.1, 0.15) is 17.2 Å². The Morgan fingerprint density at radius 1 is 1.11 bits per heavy atom. The molecule has 2 nitrogen and oxygen atoms in total. The number of benzene rings is 2. The normalized spacial score (nSPS) is 12.2. The largest absolute Gasteiger partial charge is 0.376 e. The highest BCUT2D eigenvalue weighted by Gasteiger charge is 2.12. The summed E-state index contributed by atoms with van der Waals surface area (Å²) in [5.41, 5.74) is 9.22. The first kappa shape index (κ1) is 12.9. The predicted octanol–water partition coefficient (Wildman–Crippen LogP) is 3.76. The second kappa shape index (κ2) is 5.89. The Bertz CT molecular complexity index is 525. The predicted molar refractivity (Wildman–Crippen MR) is 78.0 cm³/mol. The van der Waals surface area contributed by atoms with Gasteiger partial charge in [-0.05, 0) is 30.2 Å². The highest BCUT2D eigenvalue weighted by atomic mass is 35.5. The third kappa shape index (κ3) is 2.84. The summed E-state index contributed by atoms with van der Waals surface area (Å²) in [5.74, 6) is 0. The van der Waals surface area contributed by atoms with Gasteiger partial charge in [0.05, 0.1) is 16.8 Å². The van der Waals surface area contributed by atoms with Gasteiger partial charge in [0.2, 0.25) is 0 Å². The Labute approximate surface area is 113 Å². The van der Waals surface area contributed by atoms with Crippen molar-refractivity contribution in [2.24, 2.45) is 5.73 Å². The molecule has 0 saturated carbocycles. The van der Waals surface area contributed by atoms with Gasteiger partial charge in [-0.1, -0.05) is 48.0 Å². The number of rotatable bonds is 4. The van der Waals surface area contributed by atoms with E-state index in [4.69, 9.17) is 17.3 Å². The third-order valence-corrected chi connectivity index (χ3v) is 3.33. The van der Waals surface area contributed by atoms with Crippen LogP contribution in [-0.4, -0.2) is 6.54 Å². The summed E-state index contributed by atoms with van der Waals surface area (Å²) in [6, 6.07) is 16.0. The summed E-state index contributed by atoms with van der Waals surface area (Å²) in [5, 5.41) is 4.11. The smallest absolute Gasteiger partial charge is 0.0639 e. The minimum absolute atomic E-state index is 0.0751. The average molecular weight is 261 g/mol. The first-order valence-electron chi connectivity index (χ1n) is 5.99. The number of anilines is 1. The maximum Gasteiger partial charge on any atom is 0.0639 e. The van der Waals surface area contributed by atoms with Gasteiger partial charge in [-0.2, -0.15) is 0 Å².